The van der Waals surface area contributed by atoms with Crippen LogP contribution in [-0.4, -0.2) is 26.7 Å². The molecule has 2 aromatic rings. The van der Waals surface area contributed by atoms with Gasteiger partial charge in [0.1, 0.15) is 0 Å². The number of hydrogen-bond acceptors (Lipinski definition) is 3. The monoisotopic (exact) mass is 327 g/mol. The van der Waals surface area contributed by atoms with Crippen LogP contribution < -0.4 is 14.4 Å². The summed E-state index contributed by atoms with van der Waals surface area (Å²) in [5.74, 6) is 1.39. The van der Waals surface area contributed by atoms with Gasteiger partial charge in [0.2, 0.25) is 5.91 Å². The summed E-state index contributed by atoms with van der Waals surface area (Å²) < 4.78 is 10.6. The molecule has 0 atom stereocenters. The van der Waals surface area contributed by atoms with E-state index in [4.69, 9.17) is 9.47 Å². The van der Waals surface area contributed by atoms with Gasteiger partial charge in [0.05, 0.1) is 20.6 Å². The van der Waals surface area contributed by atoms with Gasteiger partial charge in [-0.3, -0.25) is 4.79 Å². The first-order valence-corrected chi connectivity index (χ1v) is 8.26. The second-order valence-electron chi connectivity index (χ2n) is 5.60. The van der Waals surface area contributed by atoms with Crippen molar-refractivity contribution in [3.05, 3.63) is 54.1 Å². The van der Waals surface area contributed by atoms with Crippen molar-refractivity contribution in [1.29, 1.82) is 0 Å². The van der Waals surface area contributed by atoms with Crippen LogP contribution in [0.25, 0.3) is 0 Å². The second-order valence-corrected chi connectivity index (χ2v) is 5.60. The predicted molar refractivity (Wildman–Crippen MR) is 97.0 cm³/mol. The van der Waals surface area contributed by atoms with Crippen molar-refractivity contribution < 1.29 is 14.3 Å². The first-order chi connectivity index (χ1) is 11.7. The average molecular weight is 327 g/mol. The average Bonchev–Trinajstić information content (AvgIpc) is 2.62. The minimum absolute atomic E-state index is 0.0851. The van der Waals surface area contributed by atoms with E-state index in [1.54, 1.807) is 14.2 Å². The fraction of sp³-hybridized carbons (Fsp3) is 0.350. The summed E-state index contributed by atoms with van der Waals surface area (Å²) in [6.07, 6.45) is 2.36. The van der Waals surface area contributed by atoms with Crippen molar-refractivity contribution in [2.24, 2.45) is 0 Å². The molecular formula is C20H25NO3. The van der Waals surface area contributed by atoms with Gasteiger partial charge >= 0.3 is 0 Å². The van der Waals surface area contributed by atoms with Crippen molar-refractivity contribution in [1.82, 2.24) is 0 Å². The Morgan fingerprint density at radius 3 is 2.33 bits per heavy atom. The van der Waals surface area contributed by atoms with Crippen LogP contribution in [0.1, 0.15) is 25.3 Å². The molecule has 0 N–H and O–H groups in total. The van der Waals surface area contributed by atoms with Crippen molar-refractivity contribution >= 4 is 11.6 Å². The number of amides is 1. The van der Waals surface area contributed by atoms with E-state index in [2.05, 4.69) is 6.92 Å². The lowest BCUT2D eigenvalue weighted by molar-refractivity contribution is -0.118. The number of unbranched alkanes of at least 4 members (excludes halogenated alkanes) is 1. The molecule has 24 heavy (non-hydrogen) atoms. The molecule has 0 aliphatic rings. The third-order valence-corrected chi connectivity index (χ3v) is 3.91. The number of rotatable bonds is 8. The number of hydrogen-bond donors (Lipinski definition) is 0. The van der Waals surface area contributed by atoms with E-state index in [9.17, 15) is 4.79 Å². The Morgan fingerprint density at radius 1 is 1.00 bits per heavy atom. The fourth-order valence-corrected chi connectivity index (χ4v) is 2.58. The Balaban J connectivity index is 2.18. The number of para-hydroxylation sites is 1. The van der Waals surface area contributed by atoms with Crippen molar-refractivity contribution in [2.45, 2.75) is 26.2 Å². The lowest BCUT2D eigenvalue weighted by Gasteiger charge is -2.23. The van der Waals surface area contributed by atoms with E-state index in [1.165, 1.54) is 0 Å². The highest BCUT2D eigenvalue weighted by Crippen LogP contribution is 2.28. The number of benzene rings is 2. The van der Waals surface area contributed by atoms with E-state index in [-0.39, 0.29) is 5.91 Å². The number of methoxy groups -OCH3 is 2. The fourth-order valence-electron chi connectivity index (χ4n) is 2.58. The van der Waals surface area contributed by atoms with Crippen molar-refractivity contribution in [2.75, 3.05) is 25.7 Å². The molecule has 0 saturated heterocycles. The van der Waals surface area contributed by atoms with Crippen LogP contribution in [0.2, 0.25) is 0 Å². The molecule has 0 aliphatic heterocycles. The predicted octanol–water partition coefficient (Wildman–Crippen LogP) is 4.08. The molecule has 4 heteroatoms. The maximum atomic E-state index is 12.8. The Bertz CT molecular complexity index is 655. The van der Waals surface area contributed by atoms with Crippen LogP contribution in [0, 0.1) is 0 Å². The van der Waals surface area contributed by atoms with Gasteiger partial charge in [0.25, 0.3) is 0 Å². The van der Waals surface area contributed by atoms with Crippen LogP contribution in [0.3, 0.4) is 0 Å². The molecule has 2 rings (SSSR count). The molecule has 0 unspecified atom stereocenters. The Morgan fingerprint density at radius 2 is 1.71 bits per heavy atom. The number of nitrogens with zero attached hydrogens (tertiary/aromatic N) is 1. The highest BCUT2D eigenvalue weighted by molar-refractivity contribution is 5.94. The minimum atomic E-state index is 0.0851. The first-order valence-electron chi connectivity index (χ1n) is 8.26. The van der Waals surface area contributed by atoms with Gasteiger partial charge in [-0.15, -0.1) is 0 Å². The van der Waals surface area contributed by atoms with Gasteiger partial charge in [-0.1, -0.05) is 37.6 Å². The van der Waals surface area contributed by atoms with E-state index >= 15 is 0 Å². The third-order valence-electron chi connectivity index (χ3n) is 3.91. The SMILES string of the molecule is CCCCN(C(=O)Cc1ccc(OC)c(OC)c1)c1ccccc1. The van der Waals surface area contributed by atoms with Crippen LogP contribution >= 0.6 is 0 Å². The van der Waals surface area contributed by atoms with Gasteiger partial charge < -0.3 is 14.4 Å². The van der Waals surface area contributed by atoms with Gasteiger partial charge in [0.15, 0.2) is 11.5 Å². The molecule has 0 aliphatic carbocycles. The van der Waals surface area contributed by atoms with Gasteiger partial charge in [-0.05, 0) is 36.2 Å². The van der Waals surface area contributed by atoms with Crippen molar-refractivity contribution in [3.8, 4) is 11.5 Å². The largest absolute Gasteiger partial charge is 0.493 e. The van der Waals surface area contributed by atoms with Crippen molar-refractivity contribution in [3.63, 3.8) is 0 Å². The standard InChI is InChI=1S/C20H25NO3/c1-4-5-13-21(17-9-7-6-8-10-17)20(22)15-16-11-12-18(23-2)19(14-16)24-3/h6-12,14H,4-5,13,15H2,1-3H3. The lowest BCUT2D eigenvalue weighted by atomic mass is 10.1. The van der Waals surface area contributed by atoms with E-state index in [0.717, 1.165) is 30.6 Å². The number of anilines is 1. The Hall–Kier alpha value is -2.49. The zero-order valence-corrected chi connectivity index (χ0v) is 14.6. The highest BCUT2D eigenvalue weighted by atomic mass is 16.5. The molecule has 0 heterocycles. The Labute approximate surface area is 144 Å². The Kier molecular flexibility index (Phi) is 6.67. The van der Waals surface area contributed by atoms with Gasteiger partial charge in [-0.2, -0.15) is 0 Å². The summed E-state index contributed by atoms with van der Waals surface area (Å²) in [4.78, 5) is 14.7. The number of carbonyl (C=O) groups excluding carboxylic acids is 1. The molecule has 1 amide bonds. The molecule has 2 aromatic carbocycles. The quantitative estimate of drug-likeness (QED) is 0.733. The summed E-state index contributed by atoms with van der Waals surface area (Å²) in [6, 6.07) is 15.4. The zero-order chi connectivity index (χ0) is 17.4. The van der Waals surface area contributed by atoms with Gasteiger partial charge in [0, 0.05) is 12.2 Å². The maximum Gasteiger partial charge on any atom is 0.231 e. The summed E-state index contributed by atoms with van der Waals surface area (Å²) in [5, 5.41) is 0. The summed E-state index contributed by atoms with van der Waals surface area (Å²) >= 11 is 0. The molecule has 4 nitrogen and oxygen atoms in total. The normalized spacial score (nSPS) is 10.3. The summed E-state index contributed by atoms with van der Waals surface area (Å²) in [5.41, 5.74) is 1.85. The molecular weight excluding hydrogens is 302 g/mol. The first kappa shape index (κ1) is 17.9. The summed E-state index contributed by atoms with van der Waals surface area (Å²) in [7, 11) is 3.20. The zero-order valence-electron chi connectivity index (χ0n) is 14.6. The van der Waals surface area contributed by atoms with Crippen LogP contribution in [0.5, 0.6) is 11.5 Å². The van der Waals surface area contributed by atoms with Crippen LogP contribution in [-0.2, 0) is 11.2 Å². The topological polar surface area (TPSA) is 38.8 Å². The van der Waals surface area contributed by atoms with Crippen LogP contribution in [0.4, 0.5) is 5.69 Å². The van der Waals surface area contributed by atoms with Crippen LogP contribution in [0.15, 0.2) is 48.5 Å². The molecule has 0 bridgehead atoms. The smallest absolute Gasteiger partial charge is 0.231 e. The van der Waals surface area contributed by atoms with E-state index in [0.29, 0.717) is 17.9 Å². The van der Waals surface area contributed by atoms with E-state index in [1.807, 2.05) is 53.4 Å². The minimum Gasteiger partial charge on any atom is -0.493 e. The van der Waals surface area contributed by atoms with E-state index < -0.39 is 0 Å². The lowest BCUT2D eigenvalue weighted by Crippen LogP contribution is -2.33. The molecule has 0 saturated carbocycles. The second kappa shape index (κ2) is 8.96. The molecule has 128 valence electrons. The summed E-state index contributed by atoms with van der Waals surface area (Å²) in [6.45, 7) is 2.86. The molecule has 0 spiro atoms. The highest BCUT2D eigenvalue weighted by Gasteiger charge is 2.16. The molecule has 0 fully saturated rings. The third kappa shape index (κ3) is 4.51. The molecule has 0 aromatic heterocycles. The van der Waals surface area contributed by atoms with Gasteiger partial charge in [-0.25, -0.2) is 0 Å². The maximum absolute atomic E-state index is 12.8. The number of ether oxygens (including phenoxy) is 2. The number of carbonyl (C=O) groups is 1. The molecule has 0 radical (unpaired) electrons.